The third kappa shape index (κ3) is 4.03. The van der Waals surface area contributed by atoms with E-state index in [1.165, 1.54) is 17.6 Å². The first-order valence-corrected chi connectivity index (χ1v) is 11.2. The maximum Gasteiger partial charge on any atom is 0.245 e. The maximum atomic E-state index is 10.7. The zero-order chi connectivity index (χ0) is 22.6. The van der Waals surface area contributed by atoms with Gasteiger partial charge < -0.3 is 15.3 Å². The molecule has 4 aromatic rings. The highest BCUT2D eigenvalue weighted by molar-refractivity contribution is 5.85. The van der Waals surface area contributed by atoms with Gasteiger partial charge in [-0.2, -0.15) is 9.90 Å². The van der Waals surface area contributed by atoms with Crippen molar-refractivity contribution in [3.8, 4) is 28.1 Å². The number of pyridine rings is 1. The number of fused-ring (bicyclic) bond motifs is 1. The van der Waals surface area contributed by atoms with E-state index in [1.807, 2.05) is 18.2 Å². The van der Waals surface area contributed by atoms with Gasteiger partial charge in [0.2, 0.25) is 11.6 Å². The van der Waals surface area contributed by atoms with Crippen molar-refractivity contribution in [2.24, 2.45) is 12.5 Å². The Hall–Kier alpha value is -3.37. The van der Waals surface area contributed by atoms with Gasteiger partial charge in [0, 0.05) is 50.0 Å². The van der Waals surface area contributed by atoms with Crippen molar-refractivity contribution in [3.05, 3.63) is 36.7 Å². The Morgan fingerprint density at radius 3 is 2.65 bits per heavy atom. The Labute approximate surface area is 202 Å². The molecular weight excluding hydrogens is 454 g/mol. The molecule has 6 rings (SSSR count). The predicted octanol–water partition coefficient (Wildman–Crippen LogP) is 2.59. The fourth-order valence-corrected chi connectivity index (χ4v) is 4.48. The minimum Gasteiger partial charge on any atom is -0.507 e. The average Bonchev–Trinajstić information content (AvgIpc) is 3.47. The van der Waals surface area contributed by atoms with E-state index in [1.54, 1.807) is 25.5 Å². The number of aryl methyl sites for hydroxylation is 1. The van der Waals surface area contributed by atoms with E-state index in [0.717, 1.165) is 30.8 Å². The van der Waals surface area contributed by atoms with E-state index in [0.29, 0.717) is 39.8 Å². The third-order valence-corrected chi connectivity index (χ3v) is 6.83. The number of aromatic nitrogens is 7. The lowest BCUT2D eigenvalue weighted by atomic mass is 9.97. The first-order valence-electron chi connectivity index (χ1n) is 11.2. The van der Waals surface area contributed by atoms with Crippen molar-refractivity contribution in [3.63, 3.8) is 0 Å². The highest BCUT2D eigenvalue weighted by Gasteiger charge is 2.46. The Balaban J connectivity index is 0.00000241. The molecule has 0 radical (unpaired) electrons. The second-order valence-corrected chi connectivity index (χ2v) is 9.24. The quantitative estimate of drug-likeness (QED) is 0.455. The van der Waals surface area contributed by atoms with Crippen LogP contribution < -0.4 is 10.2 Å². The number of aromatic hydroxyl groups is 1. The van der Waals surface area contributed by atoms with Crippen LogP contribution in [-0.2, 0) is 7.05 Å². The SMILES string of the molecule is Cl.Cn1nc2cc(-c3ccc(-c4cnc(N5CCN[C@H](C6(C)CC6)C5)nn4)c(O)c3)cnc2n1. The van der Waals surface area contributed by atoms with Gasteiger partial charge in [0.25, 0.3) is 0 Å². The Morgan fingerprint density at radius 2 is 1.91 bits per heavy atom. The highest BCUT2D eigenvalue weighted by Crippen LogP contribution is 2.48. The summed E-state index contributed by atoms with van der Waals surface area (Å²) in [6, 6.07) is 7.80. The zero-order valence-corrected chi connectivity index (χ0v) is 19.8. The van der Waals surface area contributed by atoms with Gasteiger partial charge in [-0.1, -0.05) is 13.0 Å². The number of nitrogens with one attached hydrogen (secondary N) is 1. The number of halogens is 1. The zero-order valence-electron chi connectivity index (χ0n) is 19.0. The Bertz CT molecular complexity index is 1340. The van der Waals surface area contributed by atoms with E-state index >= 15 is 0 Å². The van der Waals surface area contributed by atoms with Gasteiger partial charge in [-0.15, -0.1) is 27.7 Å². The summed E-state index contributed by atoms with van der Waals surface area (Å²) in [6.45, 7) is 5.01. The maximum absolute atomic E-state index is 10.7. The lowest BCUT2D eigenvalue weighted by molar-refractivity contribution is 0.329. The van der Waals surface area contributed by atoms with Gasteiger partial charge >= 0.3 is 0 Å². The van der Waals surface area contributed by atoms with Crippen LogP contribution in [0.2, 0.25) is 0 Å². The summed E-state index contributed by atoms with van der Waals surface area (Å²) < 4.78 is 0. The fourth-order valence-electron chi connectivity index (χ4n) is 4.48. The number of phenolic OH excluding ortho intramolecular Hbond substituents is 1. The van der Waals surface area contributed by atoms with Crippen molar-refractivity contribution in [2.45, 2.75) is 25.8 Å². The standard InChI is InChI=1S/C23H25N9O.ClH/c1-23(5-6-23)20-13-32(8-7-24-20)22-26-12-18(27-28-22)16-4-3-14(10-19(16)33)15-9-17-21(25-11-15)30-31(2)29-17;/h3-4,9-12,20,24,33H,5-8,13H2,1-2H3;1H/t20-;/m0./s1. The summed E-state index contributed by atoms with van der Waals surface area (Å²) in [5, 5.41) is 31.6. The molecule has 4 heterocycles. The van der Waals surface area contributed by atoms with Crippen molar-refractivity contribution >= 4 is 29.5 Å². The van der Waals surface area contributed by atoms with Crippen LogP contribution in [0.5, 0.6) is 5.75 Å². The van der Waals surface area contributed by atoms with Gasteiger partial charge in [0.05, 0.1) is 6.20 Å². The Kier molecular flexibility index (Phi) is 5.57. The van der Waals surface area contributed by atoms with Crippen molar-refractivity contribution < 1.29 is 5.11 Å². The lowest BCUT2D eigenvalue weighted by Gasteiger charge is -2.36. The highest BCUT2D eigenvalue weighted by atomic mass is 35.5. The first kappa shape index (κ1) is 22.4. The molecule has 1 saturated heterocycles. The summed E-state index contributed by atoms with van der Waals surface area (Å²) in [7, 11) is 1.76. The van der Waals surface area contributed by atoms with E-state index in [-0.39, 0.29) is 18.2 Å². The number of benzene rings is 1. The summed E-state index contributed by atoms with van der Waals surface area (Å²) in [5.41, 5.74) is 4.48. The van der Waals surface area contributed by atoms with E-state index in [4.69, 9.17) is 0 Å². The molecule has 1 aliphatic carbocycles. The minimum atomic E-state index is 0. The molecular formula is C23H26ClN9O. The van der Waals surface area contributed by atoms with E-state index in [9.17, 15) is 5.11 Å². The molecule has 2 aliphatic rings. The van der Waals surface area contributed by atoms with Crippen LogP contribution in [0.1, 0.15) is 19.8 Å². The van der Waals surface area contributed by atoms with Gasteiger partial charge in [-0.05, 0) is 42.0 Å². The second-order valence-electron chi connectivity index (χ2n) is 9.24. The number of nitrogens with zero attached hydrogens (tertiary/aromatic N) is 8. The molecule has 2 fully saturated rings. The molecule has 1 saturated carbocycles. The molecule has 176 valence electrons. The summed E-state index contributed by atoms with van der Waals surface area (Å²) in [5.74, 6) is 0.744. The van der Waals surface area contributed by atoms with Gasteiger partial charge in [-0.3, -0.25) is 0 Å². The molecule has 10 nitrogen and oxygen atoms in total. The summed E-state index contributed by atoms with van der Waals surface area (Å²) in [6.07, 6.45) is 5.95. The predicted molar refractivity (Wildman–Crippen MR) is 131 cm³/mol. The number of piperazine rings is 1. The largest absolute Gasteiger partial charge is 0.507 e. The molecule has 3 aromatic heterocycles. The molecule has 0 amide bonds. The van der Waals surface area contributed by atoms with E-state index in [2.05, 4.69) is 47.5 Å². The molecule has 1 aromatic carbocycles. The molecule has 2 N–H and O–H groups in total. The van der Waals surface area contributed by atoms with Crippen molar-refractivity contribution in [1.82, 2.24) is 40.5 Å². The third-order valence-electron chi connectivity index (χ3n) is 6.83. The van der Waals surface area contributed by atoms with Crippen LogP contribution in [0.15, 0.2) is 36.7 Å². The van der Waals surface area contributed by atoms with Crippen LogP contribution in [0.3, 0.4) is 0 Å². The topological polar surface area (TPSA) is 118 Å². The monoisotopic (exact) mass is 479 g/mol. The van der Waals surface area contributed by atoms with Crippen LogP contribution in [0, 0.1) is 5.41 Å². The number of phenols is 1. The number of anilines is 1. The average molecular weight is 480 g/mol. The minimum absolute atomic E-state index is 0. The molecule has 0 unspecified atom stereocenters. The molecule has 0 spiro atoms. The molecule has 11 heteroatoms. The van der Waals surface area contributed by atoms with Gasteiger partial charge in [0.15, 0.2) is 0 Å². The number of rotatable bonds is 4. The smallest absolute Gasteiger partial charge is 0.245 e. The summed E-state index contributed by atoms with van der Waals surface area (Å²) in [4.78, 5) is 12.6. The normalized spacial score (nSPS) is 19.1. The van der Waals surface area contributed by atoms with Crippen LogP contribution >= 0.6 is 12.4 Å². The second kappa shape index (κ2) is 8.44. The van der Waals surface area contributed by atoms with Crippen molar-refractivity contribution in [1.29, 1.82) is 0 Å². The van der Waals surface area contributed by atoms with Crippen LogP contribution in [0.4, 0.5) is 5.95 Å². The number of hydrogen-bond donors (Lipinski definition) is 2. The molecule has 0 bridgehead atoms. The van der Waals surface area contributed by atoms with E-state index < -0.39 is 0 Å². The molecule has 1 atom stereocenters. The molecule has 1 aliphatic heterocycles. The summed E-state index contributed by atoms with van der Waals surface area (Å²) >= 11 is 0. The molecule has 34 heavy (non-hydrogen) atoms. The van der Waals surface area contributed by atoms with Crippen LogP contribution in [0.25, 0.3) is 33.5 Å². The van der Waals surface area contributed by atoms with Gasteiger partial charge in [0.1, 0.15) is 17.0 Å². The van der Waals surface area contributed by atoms with Gasteiger partial charge in [-0.25, -0.2) is 9.97 Å². The fraction of sp³-hybridized carbons (Fsp3) is 0.391. The lowest BCUT2D eigenvalue weighted by Crippen LogP contribution is -2.54. The first-order chi connectivity index (χ1) is 16.0. The Morgan fingerprint density at radius 1 is 1.06 bits per heavy atom. The van der Waals surface area contributed by atoms with Crippen LogP contribution in [-0.4, -0.2) is 65.9 Å². The van der Waals surface area contributed by atoms with Crippen molar-refractivity contribution in [2.75, 3.05) is 24.5 Å². The number of hydrogen-bond acceptors (Lipinski definition) is 9.